The molecule has 20 heavy (non-hydrogen) atoms. The number of H-pyrrole nitrogens is 1. The Morgan fingerprint density at radius 1 is 1.55 bits per heavy atom. The lowest BCUT2D eigenvalue weighted by Crippen LogP contribution is -2.37. The average Bonchev–Trinajstić information content (AvgIpc) is 2.82. The lowest BCUT2D eigenvalue weighted by molar-refractivity contribution is -0.119. The van der Waals surface area contributed by atoms with Gasteiger partial charge in [0.05, 0.1) is 24.2 Å². The molecule has 0 bridgehead atoms. The van der Waals surface area contributed by atoms with Gasteiger partial charge in [-0.05, 0) is 18.2 Å². The summed E-state index contributed by atoms with van der Waals surface area (Å²) in [4.78, 5) is 21.0. The fourth-order valence-corrected chi connectivity index (χ4v) is 1.83. The number of imidazole rings is 1. The fourth-order valence-electron chi connectivity index (χ4n) is 1.83. The van der Waals surface area contributed by atoms with Crippen LogP contribution in [0.25, 0.3) is 11.0 Å². The number of fused-ring (bicyclic) bond motifs is 1. The molecule has 1 heterocycles. The van der Waals surface area contributed by atoms with Gasteiger partial charge in [-0.15, -0.1) is 0 Å². The van der Waals surface area contributed by atoms with E-state index in [1.54, 1.807) is 25.1 Å². The lowest BCUT2D eigenvalue weighted by atomic mass is 10.3. The number of amides is 1. The number of nitrogen functional groups attached to an aromatic ring is 1. The highest BCUT2D eigenvalue weighted by atomic mass is 16.5. The van der Waals surface area contributed by atoms with Crippen LogP contribution in [0.15, 0.2) is 18.2 Å². The highest BCUT2D eigenvalue weighted by Gasteiger charge is 2.11. The molecule has 0 spiro atoms. The number of anilines is 2. The Hall–Kier alpha value is -2.28. The Morgan fingerprint density at radius 2 is 2.35 bits per heavy atom. The molecule has 1 amide bonds. The molecule has 1 aromatic heterocycles. The summed E-state index contributed by atoms with van der Waals surface area (Å²) in [6.45, 7) is 1.22. The monoisotopic (exact) mass is 277 g/mol. The van der Waals surface area contributed by atoms with Gasteiger partial charge in [-0.1, -0.05) is 0 Å². The average molecular weight is 277 g/mol. The number of methoxy groups -OCH3 is 1. The molecule has 0 unspecified atom stereocenters. The molecule has 0 aliphatic heterocycles. The molecular weight excluding hydrogens is 258 g/mol. The summed E-state index contributed by atoms with van der Waals surface area (Å²) in [5.41, 5.74) is 8.07. The van der Waals surface area contributed by atoms with Gasteiger partial charge in [-0.2, -0.15) is 0 Å². The number of likely N-dealkylation sites (N-methyl/N-ethyl adjacent to an activating group) is 1. The highest BCUT2D eigenvalue weighted by Crippen LogP contribution is 2.18. The zero-order valence-electron chi connectivity index (χ0n) is 11.6. The minimum atomic E-state index is -0.0791. The van der Waals surface area contributed by atoms with E-state index in [1.807, 2.05) is 12.1 Å². The standard InChI is InChI=1S/C13H19N5O2/c1-18(8-12(19)15-5-6-20-2)13-16-10-4-3-9(14)7-11(10)17-13/h3-4,7H,5-6,8,14H2,1-2H3,(H,15,19)(H,16,17). The quantitative estimate of drug-likeness (QED) is 0.523. The first kappa shape index (κ1) is 14.1. The predicted molar refractivity (Wildman–Crippen MR) is 78.7 cm³/mol. The number of carbonyl (C=O) groups excluding carboxylic acids is 1. The third-order valence-corrected chi connectivity index (χ3v) is 2.86. The second-order valence-electron chi connectivity index (χ2n) is 4.54. The molecule has 0 saturated heterocycles. The first-order valence-electron chi connectivity index (χ1n) is 6.32. The van der Waals surface area contributed by atoms with Crippen molar-refractivity contribution in [3.8, 4) is 0 Å². The summed E-state index contributed by atoms with van der Waals surface area (Å²) >= 11 is 0. The second-order valence-corrected chi connectivity index (χ2v) is 4.54. The lowest BCUT2D eigenvalue weighted by Gasteiger charge is -2.15. The van der Waals surface area contributed by atoms with E-state index < -0.39 is 0 Å². The van der Waals surface area contributed by atoms with Crippen LogP contribution in [-0.2, 0) is 9.53 Å². The molecule has 0 radical (unpaired) electrons. The number of hydrogen-bond acceptors (Lipinski definition) is 5. The molecule has 2 aromatic rings. The molecule has 7 heteroatoms. The topological polar surface area (TPSA) is 96.3 Å². The van der Waals surface area contributed by atoms with Crippen molar-refractivity contribution in [2.75, 3.05) is 44.5 Å². The summed E-state index contributed by atoms with van der Waals surface area (Å²) in [6, 6.07) is 5.46. The predicted octanol–water partition coefficient (Wildman–Crippen LogP) is 0.344. The van der Waals surface area contributed by atoms with Crippen molar-refractivity contribution < 1.29 is 9.53 Å². The molecule has 0 saturated carbocycles. The van der Waals surface area contributed by atoms with Gasteiger partial charge in [-0.25, -0.2) is 4.98 Å². The largest absolute Gasteiger partial charge is 0.399 e. The van der Waals surface area contributed by atoms with Crippen LogP contribution in [0.3, 0.4) is 0 Å². The van der Waals surface area contributed by atoms with Gasteiger partial charge in [0.25, 0.3) is 0 Å². The Kier molecular flexibility index (Phi) is 4.41. The summed E-state index contributed by atoms with van der Waals surface area (Å²) in [5, 5.41) is 2.76. The van der Waals surface area contributed by atoms with Gasteiger partial charge in [0.15, 0.2) is 0 Å². The van der Waals surface area contributed by atoms with Crippen LogP contribution in [0, 0.1) is 0 Å². The Balaban J connectivity index is 2.00. The van der Waals surface area contributed by atoms with E-state index >= 15 is 0 Å². The second kappa shape index (κ2) is 6.25. The van der Waals surface area contributed by atoms with Crippen LogP contribution in [0.1, 0.15) is 0 Å². The number of nitrogens with two attached hydrogens (primary N) is 1. The van der Waals surface area contributed by atoms with Crippen LogP contribution in [0.4, 0.5) is 11.6 Å². The molecule has 0 aliphatic carbocycles. The zero-order chi connectivity index (χ0) is 14.5. The number of rotatable bonds is 6. The SMILES string of the molecule is COCCNC(=O)CN(C)c1nc2ccc(N)cc2[nH]1. The van der Waals surface area contributed by atoms with Gasteiger partial charge < -0.3 is 25.7 Å². The summed E-state index contributed by atoms with van der Waals surface area (Å²) in [6.07, 6.45) is 0. The van der Waals surface area contributed by atoms with E-state index in [0.717, 1.165) is 11.0 Å². The van der Waals surface area contributed by atoms with Crippen LogP contribution < -0.4 is 16.0 Å². The van der Waals surface area contributed by atoms with Crippen LogP contribution in [0.5, 0.6) is 0 Å². The molecule has 0 atom stereocenters. The number of benzene rings is 1. The number of carbonyl (C=O) groups is 1. The number of hydrogen-bond donors (Lipinski definition) is 3. The third-order valence-electron chi connectivity index (χ3n) is 2.86. The summed E-state index contributed by atoms with van der Waals surface area (Å²) in [7, 11) is 3.40. The minimum absolute atomic E-state index is 0.0791. The van der Waals surface area contributed by atoms with Crippen LogP contribution >= 0.6 is 0 Å². The normalized spacial score (nSPS) is 10.7. The molecule has 0 aliphatic rings. The van der Waals surface area contributed by atoms with E-state index in [9.17, 15) is 4.79 Å². The number of ether oxygens (including phenoxy) is 1. The Bertz CT molecular complexity index is 595. The van der Waals surface area contributed by atoms with Gasteiger partial charge in [0.1, 0.15) is 0 Å². The van der Waals surface area contributed by atoms with Gasteiger partial charge in [0, 0.05) is 26.4 Å². The maximum atomic E-state index is 11.7. The minimum Gasteiger partial charge on any atom is -0.399 e. The van der Waals surface area contributed by atoms with E-state index in [4.69, 9.17) is 10.5 Å². The van der Waals surface area contributed by atoms with Crippen molar-refractivity contribution in [2.24, 2.45) is 0 Å². The smallest absolute Gasteiger partial charge is 0.239 e. The van der Waals surface area contributed by atoms with Crippen molar-refractivity contribution >= 4 is 28.6 Å². The fraction of sp³-hybridized carbons (Fsp3) is 0.385. The van der Waals surface area contributed by atoms with Crippen molar-refractivity contribution in [1.82, 2.24) is 15.3 Å². The van der Waals surface area contributed by atoms with Gasteiger partial charge >= 0.3 is 0 Å². The van der Waals surface area contributed by atoms with E-state index in [1.165, 1.54) is 0 Å². The van der Waals surface area contributed by atoms with Gasteiger partial charge in [0.2, 0.25) is 11.9 Å². The van der Waals surface area contributed by atoms with Crippen LogP contribution in [0.2, 0.25) is 0 Å². The highest BCUT2D eigenvalue weighted by molar-refractivity contribution is 5.83. The molecule has 108 valence electrons. The maximum absolute atomic E-state index is 11.7. The van der Waals surface area contributed by atoms with Crippen molar-refractivity contribution in [3.05, 3.63) is 18.2 Å². The van der Waals surface area contributed by atoms with Gasteiger partial charge in [-0.3, -0.25) is 4.79 Å². The third kappa shape index (κ3) is 3.39. The molecule has 0 fully saturated rings. The Labute approximate surface area is 117 Å². The number of aromatic nitrogens is 2. The zero-order valence-corrected chi connectivity index (χ0v) is 11.6. The molecule has 2 rings (SSSR count). The summed E-state index contributed by atoms with van der Waals surface area (Å²) < 4.78 is 4.87. The van der Waals surface area contributed by atoms with E-state index in [-0.39, 0.29) is 12.5 Å². The number of nitrogens with zero attached hydrogens (tertiary/aromatic N) is 2. The summed E-state index contributed by atoms with van der Waals surface area (Å²) in [5.74, 6) is 0.553. The van der Waals surface area contributed by atoms with E-state index in [2.05, 4.69) is 15.3 Å². The number of aromatic amines is 1. The first-order valence-corrected chi connectivity index (χ1v) is 6.32. The van der Waals surface area contributed by atoms with Crippen molar-refractivity contribution in [2.45, 2.75) is 0 Å². The molecule has 4 N–H and O–H groups in total. The first-order chi connectivity index (χ1) is 9.60. The maximum Gasteiger partial charge on any atom is 0.239 e. The van der Waals surface area contributed by atoms with Crippen LogP contribution in [-0.4, -0.2) is 49.7 Å². The number of nitrogens with one attached hydrogen (secondary N) is 2. The molecule has 7 nitrogen and oxygen atoms in total. The van der Waals surface area contributed by atoms with Crippen molar-refractivity contribution in [1.29, 1.82) is 0 Å². The molecule has 1 aromatic carbocycles. The van der Waals surface area contributed by atoms with E-state index in [0.29, 0.717) is 24.8 Å². The Morgan fingerprint density at radius 3 is 3.10 bits per heavy atom. The molecular formula is C13H19N5O2. The van der Waals surface area contributed by atoms with Crippen molar-refractivity contribution in [3.63, 3.8) is 0 Å².